The van der Waals surface area contributed by atoms with Crippen LogP contribution in [0.15, 0.2) is 30.3 Å². The van der Waals surface area contributed by atoms with Crippen LogP contribution < -0.4 is 5.32 Å². The molecule has 2 rings (SSSR count). The van der Waals surface area contributed by atoms with E-state index in [0.717, 1.165) is 4.48 Å². The summed E-state index contributed by atoms with van der Waals surface area (Å²) in [6.45, 7) is 8.34. The van der Waals surface area contributed by atoms with Gasteiger partial charge in [0.1, 0.15) is 0 Å². The zero-order valence-corrected chi connectivity index (χ0v) is 18.8. The van der Waals surface area contributed by atoms with Crippen LogP contribution in [0.1, 0.15) is 96.5 Å². The number of rotatable bonds is 9. The number of nitrogens with zero attached hydrogens (tertiary/aromatic N) is 1. The Morgan fingerprint density at radius 3 is 2.48 bits per heavy atom. The summed E-state index contributed by atoms with van der Waals surface area (Å²) < 4.78 is 1.11. The van der Waals surface area contributed by atoms with E-state index in [-0.39, 0.29) is 5.66 Å². The highest BCUT2D eigenvalue weighted by Crippen LogP contribution is 2.35. The topological polar surface area (TPSA) is 12.0 Å². The van der Waals surface area contributed by atoms with Gasteiger partial charge in [0, 0.05) is 25.3 Å². The molecule has 27 heavy (non-hydrogen) atoms. The fourth-order valence-corrected chi connectivity index (χ4v) is 5.14. The van der Waals surface area contributed by atoms with E-state index >= 15 is 0 Å². The summed E-state index contributed by atoms with van der Waals surface area (Å²) in [4.78, 5) is 0. The quantitative estimate of drug-likeness (QED) is 0.489. The van der Waals surface area contributed by atoms with Crippen molar-refractivity contribution in [2.24, 2.45) is 0 Å². The summed E-state index contributed by atoms with van der Waals surface area (Å²) in [5.41, 5.74) is 1.72. The third-order valence-electron chi connectivity index (χ3n) is 7.06. The number of quaternary nitrogens is 1. The predicted octanol–water partition coefficient (Wildman–Crippen LogP) is 6.48. The smallest absolute Gasteiger partial charge is 0.152 e. The lowest BCUT2D eigenvalue weighted by atomic mass is 9.86. The van der Waals surface area contributed by atoms with Crippen LogP contribution in [0, 0.1) is 0 Å². The van der Waals surface area contributed by atoms with E-state index in [2.05, 4.69) is 70.5 Å². The zero-order chi connectivity index (χ0) is 19.8. The molecule has 2 heteroatoms. The van der Waals surface area contributed by atoms with E-state index in [4.69, 9.17) is 0 Å². The highest BCUT2D eigenvalue weighted by molar-refractivity contribution is 5.18. The second kappa shape index (κ2) is 10.6. The van der Waals surface area contributed by atoms with Crippen LogP contribution in [-0.4, -0.2) is 36.8 Å². The van der Waals surface area contributed by atoms with Crippen molar-refractivity contribution in [2.75, 3.05) is 20.6 Å². The Morgan fingerprint density at radius 2 is 1.81 bits per heavy atom. The summed E-state index contributed by atoms with van der Waals surface area (Å²) in [6.07, 6.45) is 13.3. The summed E-state index contributed by atoms with van der Waals surface area (Å²) in [5.74, 6) is 0.627. The average molecular weight is 374 g/mol. The van der Waals surface area contributed by atoms with Crippen molar-refractivity contribution in [1.82, 2.24) is 5.32 Å². The van der Waals surface area contributed by atoms with E-state index in [0.29, 0.717) is 12.0 Å². The predicted molar refractivity (Wildman–Crippen MR) is 119 cm³/mol. The number of hydrogen-bond donors (Lipinski definition) is 1. The molecule has 0 spiro atoms. The normalized spacial score (nSPS) is 25.6. The molecule has 3 unspecified atom stereocenters. The minimum atomic E-state index is 0.241. The first-order valence-corrected chi connectivity index (χ1v) is 11.6. The Hall–Kier alpha value is -0.860. The number of hydrogen-bond acceptors (Lipinski definition) is 1. The molecule has 3 atom stereocenters. The number of nitrogens with one attached hydrogen (secondary N) is 1. The van der Waals surface area contributed by atoms with Crippen LogP contribution in [0.25, 0.3) is 0 Å². The molecule has 1 aromatic rings. The van der Waals surface area contributed by atoms with Gasteiger partial charge >= 0.3 is 0 Å². The molecule has 0 radical (unpaired) electrons. The Morgan fingerprint density at radius 1 is 1.07 bits per heavy atom. The van der Waals surface area contributed by atoms with Gasteiger partial charge in [-0.25, -0.2) is 0 Å². The van der Waals surface area contributed by atoms with E-state index < -0.39 is 0 Å². The van der Waals surface area contributed by atoms with Crippen LogP contribution >= 0.6 is 0 Å². The van der Waals surface area contributed by atoms with Gasteiger partial charge in [-0.3, -0.25) is 5.32 Å². The monoisotopic (exact) mass is 373 g/mol. The summed E-state index contributed by atoms with van der Waals surface area (Å²) >= 11 is 0. The largest absolute Gasteiger partial charge is 0.311 e. The van der Waals surface area contributed by atoms with Crippen LogP contribution in [0.5, 0.6) is 0 Å². The molecule has 0 aliphatic carbocycles. The maximum Gasteiger partial charge on any atom is 0.152 e. The first-order chi connectivity index (χ1) is 12.9. The lowest BCUT2D eigenvalue weighted by Gasteiger charge is -2.52. The van der Waals surface area contributed by atoms with Gasteiger partial charge in [0.25, 0.3) is 0 Å². The van der Waals surface area contributed by atoms with Gasteiger partial charge in [0.05, 0.1) is 20.6 Å². The third-order valence-corrected chi connectivity index (χ3v) is 7.06. The minimum Gasteiger partial charge on any atom is -0.311 e. The van der Waals surface area contributed by atoms with Gasteiger partial charge in [0.15, 0.2) is 5.66 Å². The Balaban J connectivity index is 2.14. The van der Waals surface area contributed by atoms with Crippen molar-refractivity contribution >= 4 is 0 Å². The van der Waals surface area contributed by atoms with Gasteiger partial charge in [-0.15, -0.1) is 0 Å². The van der Waals surface area contributed by atoms with Crippen molar-refractivity contribution in [1.29, 1.82) is 0 Å². The first kappa shape index (κ1) is 22.4. The van der Waals surface area contributed by atoms with Crippen LogP contribution in [-0.2, 0) is 0 Å². The van der Waals surface area contributed by atoms with Crippen LogP contribution in [0.4, 0.5) is 0 Å². The number of benzene rings is 1. The van der Waals surface area contributed by atoms with Crippen LogP contribution in [0.2, 0.25) is 0 Å². The highest BCUT2D eigenvalue weighted by Gasteiger charge is 2.45. The molecule has 0 amide bonds. The molecule has 0 aromatic heterocycles. The molecule has 0 bridgehead atoms. The molecular weight excluding hydrogens is 328 g/mol. The van der Waals surface area contributed by atoms with E-state index in [9.17, 15) is 0 Å². The fraction of sp³-hybridized carbons (Fsp3) is 0.760. The summed E-state index contributed by atoms with van der Waals surface area (Å²) in [6, 6.07) is 11.8. The Bertz CT molecular complexity index is 524. The van der Waals surface area contributed by atoms with Crippen LogP contribution in [0.3, 0.4) is 0 Å². The van der Waals surface area contributed by atoms with Gasteiger partial charge < -0.3 is 4.48 Å². The molecule has 1 aromatic carbocycles. The van der Waals surface area contributed by atoms with Crippen molar-refractivity contribution in [3.63, 3.8) is 0 Å². The van der Waals surface area contributed by atoms with E-state index in [1.54, 1.807) is 0 Å². The first-order valence-electron chi connectivity index (χ1n) is 11.6. The molecule has 1 aliphatic rings. The SMILES string of the molecule is CCCC1CCCCCC(CCC)([N+](C)(C)CCC(C)c2ccccc2)N1. The van der Waals surface area contributed by atoms with Gasteiger partial charge in [-0.2, -0.15) is 0 Å². The maximum atomic E-state index is 4.25. The van der Waals surface area contributed by atoms with E-state index in [1.165, 1.54) is 76.3 Å². The van der Waals surface area contributed by atoms with Crippen molar-refractivity contribution in [2.45, 2.75) is 103 Å². The summed E-state index contributed by atoms with van der Waals surface area (Å²) in [5, 5.41) is 4.25. The Kier molecular flexibility index (Phi) is 8.82. The molecule has 2 nitrogen and oxygen atoms in total. The molecule has 1 N–H and O–H groups in total. The lowest BCUT2D eigenvalue weighted by molar-refractivity contribution is -0.948. The van der Waals surface area contributed by atoms with Gasteiger partial charge in [-0.1, -0.05) is 70.4 Å². The highest BCUT2D eigenvalue weighted by atomic mass is 15.5. The molecule has 1 saturated heterocycles. The molecule has 1 heterocycles. The molecule has 1 fully saturated rings. The lowest BCUT2D eigenvalue weighted by Crippen LogP contribution is -2.69. The van der Waals surface area contributed by atoms with Crippen molar-refractivity contribution in [3.8, 4) is 0 Å². The minimum absolute atomic E-state index is 0.241. The summed E-state index contributed by atoms with van der Waals surface area (Å²) in [7, 11) is 4.98. The molecule has 1 aliphatic heterocycles. The average Bonchev–Trinajstić information content (AvgIpc) is 2.64. The second-order valence-corrected chi connectivity index (χ2v) is 9.52. The van der Waals surface area contributed by atoms with Crippen molar-refractivity contribution in [3.05, 3.63) is 35.9 Å². The third kappa shape index (κ3) is 6.06. The standard InChI is InChI=1S/C25H45N2/c1-6-14-24-17-12-9-13-20-25(26-24,19-7-2)27(4,5)21-18-22(3)23-15-10-8-11-16-23/h8,10-11,15-16,22,24,26H,6-7,9,12-14,17-21H2,1-5H3/q+1. The Labute approximate surface area is 169 Å². The fourth-order valence-electron chi connectivity index (χ4n) is 5.14. The molecular formula is C25H45N2+. The maximum absolute atomic E-state index is 4.25. The molecule has 0 saturated carbocycles. The van der Waals surface area contributed by atoms with E-state index in [1.807, 2.05) is 0 Å². The van der Waals surface area contributed by atoms with Gasteiger partial charge in [-0.05, 0) is 37.2 Å². The second-order valence-electron chi connectivity index (χ2n) is 9.52. The zero-order valence-electron chi connectivity index (χ0n) is 18.8. The van der Waals surface area contributed by atoms with Gasteiger partial charge in [0.2, 0.25) is 0 Å². The van der Waals surface area contributed by atoms with Crippen molar-refractivity contribution < 1.29 is 4.48 Å². The molecule has 154 valence electrons.